The number of unbranched alkanes of at least 4 members (excludes halogenated alkanes) is 3. The minimum Gasteiger partial charge on any atom is -0.309 e. The second kappa shape index (κ2) is 10.7. The van der Waals surface area contributed by atoms with Gasteiger partial charge in [0.1, 0.15) is 0 Å². The zero-order valence-corrected chi connectivity index (χ0v) is 18.6. The Labute approximate surface area is 179 Å². The van der Waals surface area contributed by atoms with Crippen molar-refractivity contribution in [3.05, 3.63) is 51.7 Å². The van der Waals surface area contributed by atoms with E-state index in [1.165, 1.54) is 36.1 Å². The lowest BCUT2D eigenvalue weighted by molar-refractivity contribution is -0.117. The van der Waals surface area contributed by atoms with E-state index in [4.69, 9.17) is 0 Å². The van der Waals surface area contributed by atoms with Crippen LogP contribution < -0.4 is 4.90 Å². The van der Waals surface area contributed by atoms with Crippen LogP contribution in [0, 0.1) is 0 Å². The number of aryl methyl sites for hydroxylation is 2. The quantitative estimate of drug-likeness (QED) is 0.309. The van der Waals surface area contributed by atoms with E-state index in [0.29, 0.717) is 12.5 Å². The van der Waals surface area contributed by atoms with E-state index >= 15 is 0 Å². The van der Waals surface area contributed by atoms with Crippen LogP contribution in [0.15, 0.2) is 36.4 Å². The molecule has 0 aliphatic carbocycles. The molecule has 3 nitrogen and oxygen atoms in total. The first-order chi connectivity index (χ1) is 14.1. The molecule has 4 heteroatoms. The third-order valence-electron chi connectivity index (χ3n) is 5.83. The topological polar surface area (TPSA) is 37.4 Å². The molecule has 0 radical (unpaired) electrons. The summed E-state index contributed by atoms with van der Waals surface area (Å²) in [5, 5.41) is 0. The van der Waals surface area contributed by atoms with Crippen molar-refractivity contribution in [2.24, 2.45) is 0 Å². The number of nitrogens with zero attached hydrogens (tertiary/aromatic N) is 1. The molecular formula is C25H33NO2S. The largest absolute Gasteiger partial charge is 0.309 e. The summed E-state index contributed by atoms with van der Waals surface area (Å²) < 4.78 is 0. The van der Waals surface area contributed by atoms with Gasteiger partial charge in [-0.1, -0.05) is 38.3 Å². The van der Waals surface area contributed by atoms with Gasteiger partial charge in [0.05, 0.1) is 4.88 Å². The van der Waals surface area contributed by atoms with Gasteiger partial charge in [-0.15, -0.1) is 11.3 Å². The summed E-state index contributed by atoms with van der Waals surface area (Å²) in [7, 11) is 0. The van der Waals surface area contributed by atoms with Crippen molar-refractivity contribution in [2.75, 3.05) is 4.90 Å². The Kier molecular flexibility index (Phi) is 8.05. The fourth-order valence-corrected chi connectivity index (χ4v) is 5.11. The predicted molar refractivity (Wildman–Crippen MR) is 122 cm³/mol. The van der Waals surface area contributed by atoms with Crippen LogP contribution >= 0.6 is 11.3 Å². The highest BCUT2D eigenvalue weighted by Gasteiger charge is 2.31. The van der Waals surface area contributed by atoms with Gasteiger partial charge in [0.2, 0.25) is 5.91 Å². The highest BCUT2D eigenvalue weighted by Crippen LogP contribution is 2.30. The highest BCUT2D eigenvalue weighted by molar-refractivity contribution is 7.14. The average Bonchev–Trinajstić information content (AvgIpc) is 3.33. The lowest BCUT2D eigenvalue weighted by Crippen LogP contribution is -2.32. The minimum atomic E-state index is 0.141. The second-order valence-corrected chi connectivity index (χ2v) is 9.32. The Morgan fingerprint density at radius 3 is 2.52 bits per heavy atom. The van der Waals surface area contributed by atoms with Crippen molar-refractivity contribution >= 4 is 28.7 Å². The van der Waals surface area contributed by atoms with Crippen LogP contribution in [0.25, 0.3) is 0 Å². The van der Waals surface area contributed by atoms with Gasteiger partial charge in [-0.2, -0.15) is 0 Å². The fraction of sp³-hybridized carbons (Fsp3) is 0.520. The van der Waals surface area contributed by atoms with Gasteiger partial charge in [-0.3, -0.25) is 9.59 Å². The van der Waals surface area contributed by atoms with Gasteiger partial charge in [0.15, 0.2) is 5.78 Å². The number of Topliss-reactive ketones (excluding diaryl/α,β-unsaturated/α-hetero) is 1. The summed E-state index contributed by atoms with van der Waals surface area (Å²) in [6, 6.07) is 12.9. The lowest BCUT2D eigenvalue weighted by atomic mass is 10.0. The van der Waals surface area contributed by atoms with Crippen molar-refractivity contribution in [2.45, 2.75) is 84.1 Å². The zero-order valence-electron chi connectivity index (χ0n) is 17.8. The molecular weight excluding hydrogens is 378 g/mol. The Hall–Kier alpha value is -1.94. The standard InChI is InChI=1S/C25H33NO2S/c1-3-4-5-6-8-20-11-13-22(14-12-20)26-21(15-18-25(26)28)9-7-10-23-16-17-24(29-23)19(2)27/h11-14,16-17,21H,3-10,15,18H2,1-2H3/t21-/m0/s1. The number of benzene rings is 1. The van der Waals surface area contributed by atoms with Crippen LogP contribution in [0.3, 0.4) is 0 Å². The van der Waals surface area contributed by atoms with Gasteiger partial charge in [-0.25, -0.2) is 0 Å². The third-order valence-corrected chi connectivity index (χ3v) is 7.07. The summed E-state index contributed by atoms with van der Waals surface area (Å²) in [4.78, 5) is 28.1. The van der Waals surface area contributed by atoms with Crippen molar-refractivity contribution in [1.29, 1.82) is 0 Å². The van der Waals surface area contributed by atoms with Crippen molar-refractivity contribution in [3.63, 3.8) is 0 Å². The van der Waals surface area contributed by atoms with Crippen molar-refractivity contribution in [3.8, 4) is 0 Å². The Morgan fingerprint density at radius 1 is 1.03 bits per heavy atom. The number of amides is 1. The van der Waals surface area contributed by atoms with Crippen LogP contribution in [0.2, 0.25) is 0 Å². The molecule has 1 fully saturated rings. The van der Waals surface area contributed by atoms with Crippen molar-refractivity contribution in [1.82, 2.24) is 0 Å². The highest BCUT2D eigenvalue weighted by atomic mass is 32.1. The van der Waals surface area contributed by atoms with E-state index in [1.807, 2.05) is 11.0 Å². The van der Waals surface area contributed by atoms with Crippen LogP contribution in [-0.2, 0) is 17.6 Å². The molecule has 1 aromatic carbocycles. The molecule has 0 unspecified atom stereocenters. The molecule has 2 aromatic rings. The number of carbonyl (C=O) groups is 2. The third kappa shape index (κ3) is 6.02. The summed E-state index contributed by atoms with van der Waals surface area (Å²) in [6.45, 7) is 3.86. The molecule has 1 aliphatic rings. The van der Waals surface area contributed by atoms with E-state index < -0.39 is 0 Å². The maximum Gasteiger partial charge on any atom is 0.227 e. The molecule has 0 bridgehead atoms. The monoisotopic (exact) mass is 411 g/mol. The fourth-order valence-electron chi connectivity index (χ4n) is 4.16. The summed E-state index contributed by atoms with van der Waals surface area (Å²) in [5.74, 6) is 0.392. The number of carbonyl (C=O) groups excluding carboxylic acids is 2. The van der Waals surface area contributed by atoms with E-state index in [-0.39, 0.29) is 11.7 Å². The molecule has 3 rings (SSSR count). The normalized spacial score (nSPS) is 16.6. The van der Waals surface area contributed by atoms with Gasteiger partial charge in [0, 0.05) is 23.0 Å². The number of rotatable bonds is 11. The molecule has 2 heterocycles. The molecule has 1 atom stereocenters. The van der Waals surface area contributed by atoms with E-state index in [9.17, 15) is 9.59 Å². The first kappa shape index (κ1) is 21.8. The molecule has 0 spiro atoms. The molecule has 29 heavy (non-hydrogen) atoms. The van der Waals surface area contributed by atoms with Gasteiger partial charge < -0.3 is 4.90 Å². The van der Waals surface area contributed by atoms with Crippen LogP contribution in [0.4, 0.5) is 5.69 Å². The SMILES string of the molecule is CCCCCCc1ccc(N2C(=O)CC[C@@H]2CCCc2ccc(C(C)=O)s2)cc1. The minimum absolute atomic E-state index is 0.141. The molecule has 1 aliphatic heterocycles. The van der Waals surface area contributed by atoms with Crippen LogP contribution in [0.1, 0.15) is 85.3 Å². The number of hydrogen-bond acceptors (Lipinski definition) is 3. The first-order valence-electron chi connectivity index (χ1n) is 11.1. The lowest BCUT2D eigenvalue weighted by Gasteiger charge is -2.25. The first-order valence-corrected chi connectivity index (χ1v) is 11.9. The Bertz CT molecular complexity index is 808. The molecule has 0 N–H and O–H groups in total. The summed E-state index contributed by atoms with van der Waals surface area (Å²) >= 11 is 1.60. The van der Waals surface area contributed by atoms with Crippen molar-refractivity contribution < 1.29 is 9.59 Å². The van der Waals surface area contributed by atoms with Gasteiger partial charge in [-0.05, 0) is 75.3 Å². The van der Waals surface area contributed by atoms with E-state index in [2.05, 4.69) is 37.3 Å². The number of ketones is 1. The molecule has 1 saturated heterocycles. The molecule has 0 saturated carbocycles. The smallest absolute Gasteiger partial charge is 0.227 e. The second-order valence-electron chi connectivity index (χ2n) is 8.15. The van der Waals surface area contributed by atoms with E-state index in [0.717, 1.165) is 42.7 Å². The number of hydrogen-bond donors (Lipinski definition) is 0. The Balaban J connectivity index is 1.53. The maximum absolute atomic E-state index is 12.5. The molecule has 1 amide bonds. The van der Waals surface area contributed by atoms with Gasteiger partial charge in [0.25, 0.3) is 0 Å². The predicted octanol–water partition coefficient (Wildman–Crippen LogP) is 6.59. The summed E-state index contributed by atoms with van der Waals surface area (Å²) in [5.41, 5.74) is 2.41. The Morgan fingerprint density at radius 2 is 1.83 bits per heavy atom. The van der Waals surface area contributed by atoms with Gasteiger partial charge >= 0.3 is 0 Å². The zero-order chi connectivity index (χ0) is 20.6. The molecule has 1 aromatic heterocycles. The van der Waals surface area contributed by atoms with E-state index in [1.54, 1.807) is 18.3 Å². The number of anilines is 1. The maximum atomic E-state index is 12.5. The summed E-state index contributed by atoms with van der Waals surface area (Å²) in [6.07, 6.45) is 10.9. The molecule has 156 valence electrons. The van der Waals surface area contributed by atoms with Crippen LogP contribution in [-0.4, -0.2) is 17.7 Å². The number of thiophene rings is 1. The van der Waals surface area contributed by atoms with Crippen LogP contribution in [0.5, 0.6) is 0 Å². The average molecular weight is 412 g/mol.